The Morgan fingerprint density at radius 2 is 2.04 bits per heavy atom. The average molecular weight is 299 g/mol. The van der Waals surface area contributed by atoms with E-state index in [1.54, 1.807) is 0 Å². The second-order valence-corrected chi connectivity index (χ2v) is 6.54. The van der Waals surface area contributed by atoms with Gasteiger partial charge in [-0.1, -0.05) is 60.2 Å². The van der Waals surface area contributed by atoms with E-state index in [1.165, 1.54) is 34.2 Å². The molecule has 0 saturated heterocycles. The highest BCUT2D eigenvalue weighted by Gasteiger charge is 2.28. The Hall–Kier alpha value is -2.41. The maximum absolute atomic E-state index is 4.40. The minimum atomic E-state index is 0.450. The van der Waals surface area contributed by atoms with Crippen molar-refractivity contribution in [1.82, 2.24) is 4.98 Å². The van der Waals surface area contributed by atoms with Crippen molar-refractivity contribution in [3.63, 3.8) is 0 Å². The first kappa shape index (κ1) is 14.2. The molecular weight excluding hydrogens is 278 g/mol. The molecule has 0 amide bonds. The van der Waals surface area contributed by atoms with Gasteiger partial charge < -0.3 is 0 Å². The van der Waals surface area contributed by atoms with Crippen LogP contribution >= 0.6 is 0 Å². The number of allylic oxidation sites excluding steroid dienone is 5. The van der Waals surface area contributed by atoms with Crippen LogP contribution in [0.2, 0.25) is 0 Å². The van der Waals surface area contributed by atoms with Crippen molar-refractivity contribution in [3.05, 3.63) is 89.3 Å². The Labute approximate surface area is 138 Å². The first-order valence-corrected chi connectivity index (χ1v) is 8.38. The van der Waals surface area contributed by atoms with E-state index >= 15 is 0 Å². The average Bonchev–Trinajstić information content (AvgIpc) is 2.73. The standard InChI is InChI=1S/C22H21N/c1-16-5-4-6-17(13-16)14-21-20-8-3-2-7-18(20)9-10-19-11-12-23-15-22(19)21/h2-8,11-15,18,20H,9-10H2,1H3/b21-14-. The fraction of sp³-hybridized carbons (Fsp3) is 0.227. The number of benzene rings is 1. The predicted octanol–water partition coefficient (Wildman–Crippen LogP) is 5.24. The highest BCUT2D eigenvalue weighted by Crippen LogP contribution is 2.41. The SMILES string of the molecule is Cc1cccc(/C=C2\c3cnccc3CCC3C=CC=CC23)c1. The van der Waals surface area contributed by atoms with Crippen molar-refractivity contribution in [2.24, 2.45) is 11.8 Å². The van der Waals surface area contributed by atoms with E-state index in [4.69, 9.17) is 0 Å². The number of fused-ring (bicyclic) bond motifs is 2. The molecular formula is C22H21N. The van der Waals surface area contributed by atoms with Gasteiger partial charge in [0.15, 0.2) is 0 Å². The van der Waals surface area contributed by atoms with Crippen LogP contribution < -0.4 is 0 Å². The molecule has 2 aromatic rings. The molecule has 1 aromatic heterocycles. The molecule has 0 fully saturated rings. The predicted molar refractivity (Wildman–Crippen MR) is 96.9 cm³/mol. The molecule has 0 aliphatic heterocycles. The van der Waals surface area contributed by atoms with Gasteiger partial charge in [-0.3, -0.25) is 4.98 Å². The second kappa shape index (κ2) is 6.00. The smallest absolute Gasteiger partial charge is 0.0346 e. The molecule has 1 heterocycles. The summed E-state index contributed by atoms with van der Waals surface area (Å²) in [6.45, 7) is 2.15. The van der Waals surface area contributed by atoms with Crippen molar-refractivity contribution in [1.29, 1.82) is 0 Å². The Morgan fingerprint density at radius 3 is 2.96 bits per heavy atom. The number of aryl methyl sites for hydroxylation is 2. The summed E-state index contributed by atoms with van der Waals surface area (Å²) in [4.78, 5) is 4.40. The van der Waals surface area contributed by atoms with Gasteiger partial charge in [0.25, 0.3) is 0 Å². The molecule has 0 bridgehead atoms. The number of hydrogen-bond donors (Lipinski definition) is 0. The number of aromatic nitrogens is 1. The van der Waals surface area contributed by atoms with Gasteiger partial charge in [0.2, 0.25) is 0 Å². The summed E-state index contributed by atoms with van der Waals surface area (Å²) in [7, 11) is 0. The van der Waals surface area contributed by atoms with Crippen LogP contribution in [0.1, 0.15) is 28.7 Å². The minimum absolute atomic E-state index is 0.450. The molecule has 0 spiro atoms. The summed E-state index contributed by atoms with van der Waals surface area (Å²) in [6, 6.07) is 10.9. The highest BCUT2D eigenvalue weighted by atomic mass is 14.6. The second-order valence-electron chi connectivity index (χ2n) is 6.54. The van der Waals surface area contributed by atoms with Gasteiger partial charge in [0, 0.05) is 18.3 Å². The van der Waals surface area contributed by atoms with Crippen LogP contribution in [0, 0.1) is 18.8 Å². The molecule has 2 atom stereocenters. The summed E-state index contributed by atoms with van der Waals surface area (Å²) in [6.07, 6.45) is 17.8. The van der Waals surface area contributed by atoms with Crippen molar-refractivity contribution in [2.45, 2.75) is 19.8 Å². The molecule has 114 valence electrons. The first-order valence-electron chi connectivity index (χ1n) is 8.38. The van der Waals surface area contributed by atoms with Crippen molar-refractivity contribution in [3.8, 4) is 0 Å². The molecule has 1 aromatic carbocycles. The lowest BCUT2D eigenvalue weighted by Crippen LogP contribution is -2.13. The lowest BCUT2D eigenvalue weighted by Gasteiger charge is -2.24. The third-order valence-electron chi connectivity index (χ3n) is 4.94. The summed E-state index contributed by atoms with van der Waals surface area (Å²) in [5.74, 6) is 1.04. The van der Waals surface area contributed by atoms with E-state index < -0.39 is 0 Å². The lowest BCUT2D eigenvalue weighted by atomic mass is 9.80. The molecule has 0 N–H and O–H groups in total. The summed E-state index contributed by atoms with van der Waals surface area (Å²) < 4.78 is 0. The maximum atomic E-state index is 4.40. The zero-order valence-corrected chi connectivity index (χ0v) is 13.4. The van der Waals surface area contributed by atoms with E-state index in [-0.39, 0.29) is 0 Å². The Bertz CT molecular complexity index is 810. The summed E-state index contributed by atoms with van der Waals surface area (Å²) >= 11 is 0. The van der Waals surface area contributed by atoms with Gasteiger partial charge in [-0.25, -0.2) is 0 Å². The molecule has 2 unspecified atom stereocenters. The van der Waals surface area contributed by atoms with Crippen molar-refractivity contribution in [2.75, 3.05) is 0 Å². The zero-order valence-electron chi connectivity index (χ0n) is 13.4. The van der Waals surface area contributed by atoms with Gasteiger partial charge in [0.1, 0.15) is 0 Å². The fourth-order valence-corrected chi connectivity index (χ4v) is 3.78. The van der Waals surface area contributed by atoms with E-state index in [2.05, 4.69) is 72.6 Å². The van der Waals surface area contributed by atoms with E-state index in [0.29, 0.717) is 11.8 Å². The van der Waals surface area contributed by atoms with Gasteiger partial charge in [-0.05, 0) is 54.0 Å². The van der Waals surface area contributed by atoms with Crippen LogP contribution in [0.15, 0.2) is 67.0 Å². The van der Waals surface area contributed by atoms with Crippen LogP contribution in [-0.2, 0) is 6.42 Å². The number of hydrogen-bond acceptors (Lipinski definition) is 1. The van der Waals surface area contributed by atoms with Crippen LogP contribution in [0.25, 0.3) is 11.6 Å². The normalized spacial score (nSPS) is 24.1. The largest absolute Gasteiger partial charge is 0.264 e. The molecule has 2 aliphatic carbocycles. The van der Waals surface area contributed by atoms with Gasteiger partial charge in [-0.15, -0.1) is 0 Å². The van der Waals surface area contributed by atoms with Gasteiger partial charge in [-0.2, -0.15) is 0 Å². The fourth-order valence-electron chi connectivity index (χ4n) is 3.78. The third kappa shape index (κ3) is 2.79. The molecule has 0 radical (unpaired) electrons. The number of rotatable bonds is 1. The molecule has 4 rings (SSSR count). The molecule has 0 saturated carbocycles. The van der Waals surface area contributed by atoms with Gasteiger partial charge >= 0.3 is 0 Å². The van der Waals surface area contributed by atoms with Crippen LogP contribution in [0.5, 0.6) is 0 Å². The van der Waals surface area contributed by atoms with Crippen LogP contribution in [-0.4, -0.2) is 4.98 Å². The van der Waals surface area contributed by atoms with E-state index in [1.807, 2.05) is 12.4 Å². The highest BCUT2D eigenvalue weighted by molar-refractivity contribution is 5.85. The Balaban J connectivity index is 1.88. The van der Waals surface area contributed by atoms with E-state index in [0.717, 1.165) is 6.42 Å². The molecule has 1 heteroatoms. The number of pyridine rings is 1. The lowest BCUT2D eigenvalue weighted by molar-refractivity contribution is 0.530. The first-order chi connectivity index (χ1) is 11.3. The van der Waals surface area contributed by atoms with E-state index in [9.17, 15) is 0 Å². The van der Waals surface area contributed by atoms with Crippen LogP contribution in [0.3, 0.4) is 0 Å². The molecule has 1 nitrogen and oxygen atoms in total. The van der Waals surface area contributed by atoms with Crippen molar-refractivity contribution < 1.29 is 0 Å². The minimum Gasteiger partial charge on any atom is -0.264 e. The van der Waals surface area contributed by atoms with Gasteiger partial charge in [0.05, 0.1) is 0 Å². The Kier molecular flexibility index (Phi) is 3.70. The quantitative estimate of drug-likeness (QED) is 0.702. The summed E-state index contributed by atoms with van der Waals surface area (Å²) in [5, 5.41) is 0. The topological polar surface area (TPSA) is 12.9 Å². The monoisotopic (exact) mass is 299 g/mol. The maximum Gasteiger partial charge on any atom is 0.0346 e. The summed E-state index contributed by atoms with van der Waals surface area (Å²) in [5.41, 5.74) is 6.73. The molecule has 2 aliphatic rings. The van der Waals surface area contributed by atoms with Crippen LogP contribution in [0.4, 0.5) is 0 Å². The third-order valence-corrected chi connectivity index (χ3v) is 4.94. The Morgan fingerprint density at radius 1 is 1.13 bits per heavy atom. The van der Waals surface area contributed by atoms with Crippen molar-refractivity contribution >= 4 is 11.6 Å². The zero-order chi connectivity index (χ0) is 15.6. The molecule has 23 heavy (non-hydrogen) atoms. The number of nitrogens with zero attached hydrogens (tertiary/aromatic N) is 1.